The van der Waals surface area contributed by atoms with Gasteiger partial charge in [-0.25, -0.2) is 0 Å². The molecule has 0 saturated heterocycles. The van der Waals surface area contributed by atoms with E-state index in [1.54, 1.807) is 0 Å². The number of aromatic nitrogens is 1. The van der Waals surface area contributed by atoms with Crippen molar-refractivity contribution >= 4 is 0 Å². The number of rotatable bonds is 4. The van der Waals surface area contributed by atoms with Crippen LogP contribution in [0.4, 0.5) is 4.39 Å². The van der Waals surface area contributed by atoms with E-state index in [4.69, 9.17) is 9.47 Å². The van der Waals surface area contributed by atoms with Gasteiger partial charge in [0, 0.05) is 0 Å². The second-order valence-electron chi connectivity index (χ2n) is 3.93. The Morgan fingerprint density at radius 1 is 1.33 bits per heavy atom. The van der Waals surface area contributed by atoms with Gasteiger partial charge in [-0.2, -0.15) is 4.39 Å². The Labute approximate surface area is 88.2 Å². The van der Waals surface area contributed by atoms with Crippen LogP contribution in [0, 0.1) is 5.82 Å². The minimum atomic E-state index is -0.453. The SMILES string of the molecule is CC(C)Oc1cncc(OC2CC2)c1F. The third-order valence-corrected chi connectivity index (χ3v) is 2.00. The van der Waals surface area contributed by atoms with Crippen molar-refractivity contribution in [3.63, 3.8) is 0 Å². The second-order valence-corrected chi connectivity index (χ2v) is 3.93. The van der Waals surface area contributed by atoms with E-state index in [9.17, 15) is 4.39 Å². The zero-order chi connectivity index (χ0) is 10.8. The topological polar surface area (TPSA) is 31.4 Å². The summed E-state index contributed by atoms with van der Waals surface area (Å²) in [7, 11) is 0. The van der Waals surface area contributed by atoms with Crippen LogP contribution >= 0.6 is 0 Å². The van der Waals surface area contributed by atoms with Gasteiger partial charge in [0.05, 0.1) is 24.6 Å². The summed E-state index contributed by atoms with van der Waals surface area (Å²) in [5.41, 5.74) is 0. The molecular weight excluding hydrogens is 197 g/mol. The molecule has 2 rings (SSSR count). The van der Waals surface area contributed by atoms with Gasteiger partial charge >= 0.3 is 0 Å². The molecule has 0 atom stereocenters. The summed E-state index contributed by atoms with van der Waals surface area (Å²) in [5.74, 6) is -0.107. The van der Waals surface area contributed by atoms with E-state index < -0.39 is 5.82 Å². The van der Waals surface area contributed by atoms with Crippen LogP contribution in [0.2, 0.25) is 0 Å². The quantitative estimate of drug-likeness (QED) is 0.767. The van der Waals surface area contributed by atoms with Gasteiger partial charge in [0.15, 0.2) is 11.5 Å². The Morgan fingerprint density at radius 2 is 2.00 bits per heavy atom. The first-order chi connectivity index (χ1) is 7.16. The van der Waals surface area contributed by atoms with Crippen molar-refractivity contribution in [1.82, 2.24) is 4.98 Å². The van der Waals surface area contributed by atoms with Crippen molar-refractivity contribution in [2.24, 2.45) is 0 Å². The summed E-state index contributed by atoms with van der Waals surface area (Å²) in [6, 6.07) is 0. The van der Waals surface area contributed by atoms with E-state index >= 15 is 0 Å². The monoisotopic (exact) mass is 211 g/mol. The number of ether oxygens (including phenoxy) is 2. The van der Waals surface area contributed by atoms with E-state index in [1.165, 1.54) is 12.4 Å². The fourth-order valence-corrected chi connectivity index (χ4v) is 1.19. The summed E-state index contributed by atoms with van der Waals surface area (Å²) < 4.78 is 24.4. The van der Waals surface area contributed by atoms with Crippen molar-refractivity contribution in [1.29, 1.82) is 0 Å². The highest BCUT2D eigenvalue weighted by molar-refractivity contribution is 5.31. The van der Waals surface area contributed by atoms with Crippen LogP contribution in [-0.2, 0) is 0 Å². The lowest BCUT2D eigenvalue weighted by molar-refractivity contribution is 0.221. The highest BCUT2D eigenvalue weighted by Gasteiger charge is 2.25. The van der Waals surface area contributed by atoms with Gasteiger partial charge < -0.3 is 9.47 Å². The molecule has 0 aliphatic heterocycles. The lowest BCUT2D eigenvalue weighted by atomic mass is 10.4. The van der Waals surface area contributed by atoms with Crippen LogP contribution in [0.15, 0.2) is 12.4 Å². The van der Waals surface area contributed by atoms with Crippen LogP contribution in [0.1, 0.15) is 26.7 Å². The minimum absolute atomic E-state index is 0.0718. The van der Waals surface area contributed by atoms with E-state index in [2.05, 4.69) is 4.98 Å². The first-order valence-electron chi connectivity index (χ1n) is 5.13. The fraction of sp³-hybridized carbons (Fsp3) is 0.545. The Bertz CT molecular complexity index is 328. The van der Waals surface area contributed by atoms with Crippen LogP contribution < -0.4 is 9.47 Å². The molecule has 1 aliphatic carbocycles. The number of hydrogen-bond acceptors (Lipinski definition) is 3. The molecule has 0 radical (unpaired) electrons. The Hall–Kier alpha value is -1.32. The Kier molecular flexibility index (Phi) is 2.75. The third kappa shape index (κ3) is 2.58. The molecule has 1 saturated carbocycles. The van der Waals surface area contributed by atoms with E-state index in [0.717, 1.165) is 12.8 Å². The van der Waals surface area contributed by atoms with Gasteiger partial charge in [0.1, 0.15) is 0 Å². The molecule has 0 amide bonds. The zero-order valence-corrected chi connectivity index (χ0v) is 8.87. The maximum Gasteiger partial charge on any atom is 0.210 e. The van der Waals surface area contributed by atoms with Gasteiger partial charge in [0.25, 0.3) is 0 Å². The molecular formula is C11H14FNO2. The largest absolute Gasteiger partial charge is 0.486 e. The molecule has 1 aliphatic rings. The maximum atomic E-state index is 13.7. The number of nitrogens with zero attached hydrogens (tertiary/aromatic N) is 1. The molecule has 1 aromatic rings. The molecule has 0 unspecified atom stereocenters. The van der Waals surface area contributed by atoms with Gasteiger partial charge in [0.2, 0.25) is 5.82 Å². The Morgan fingerprint density at radius 3 is 2.60 bits per heavy atom. The van der Waals surface area contributed by atoms with Gasteiger partial charge in [-0.15, -0.1) is 0 Å². The molecule has 1 aromatic heterocycles. The standard InChI is InChI=1S/C11H14FNO2/c1-7(2)14-9-5-13-6-10(11(9)12)15-8-3-4-8/h5-8H,3-4H2,1-2H3. The molecule has 1 fully saturated rings. The van der Waals surface area contributed by atoms with Crippen molar-refractivity contribution in [2.45, 2.75) is 38.9 Å². The first-order valence-corrected chi connectivity index (χ1v) is 5.13. The maximum absolute atomic E-state index is 13.7. The fourth-order valence-electron chi connectivity index (χ4n) is 1.19. The van der Waals surface area contributed by atoms with Crippen LogP contribution in [0.3, 0.4) is 0 Å². The van der Waals surface area contributed by atoms with E-state index in [1.807, 2.05) is 13.8 Å². The van der Waals surface area contributed by atoms with Crippen molar-refractivity contribution in [3.05, 3.63) is 18.2 Å². The van der Waals surface area contributed by atoms with Gasteiger partial charge in [-0.1, -0.05) is 0 Å². The normalized spacial score (nSPS) is 15.5. The summed E-state index contributed by atoms with van der Waals surface area (Å²) in [4.78, 5) is 3.89. The number of hydrogen-bond donors (Lipinski definition) is 0. The predicted octanol–water partition coefficient (Wildman–Crippen LogP) is 2.55. The predicted molar refractivity (Wildman–Crippen MR) is 53.6 cm³/mol. The second kappa shape index (κ2) is 4.04. The minimum Gasteiger partial charge on any atom is -0.486 e. The average molecular weight is 211 g/mol. The summed E-state index contributed by atoms with van der Waals surface area (Å²) in [5, 5.41) is 0. The molecule has 15 heavy (non-hydrogen) atoms. The van der Waals surface area contributed by atoms with Crippen molar-refractivity contribution in [2.75, 3.05) is 0 Å². The lowest BCUT2D eigenvalue weighted by Crippen LogP contribution is -2.08. The third-order valence-electron chi connectivity index (χ3n) is 2.00. The lowest BCUT2D eigenvalue weighted by Gasteiger charge is -2.12. The molecule has 0 N–H and O–H groups in total. The summed E-state index contributed by atoms with van der Waals surface area (Å²) in [6.45, 7) is 3.68. The molecule has 82 valence electrons. The van der Waals surface area contributed by atoms with Crippen LogP contribution in [0.5, 0.6) is 11.5 Å². The Balaban J connectivity index is 2.15. The highest BCUT2D eigenvalue weighted by atomic mass is 19.1. The summed E-state index contributed by atoms with van der Waals surface area (Å²) >= 11 is 0. The van der Waals surface area contributed by atoms with Crippen molar-refractivity contribution < 1.29 is 13.9 Å². The number of pyridine rings is 1. The smallest absolute Gasteiger partial charge is 0.210 e. The molecule has 0 bridgehead atoms. The van der Waals surface area contributed by atoms with Crippen LogP contribution in [0.25, 0.3) is 0 Å². The van der Waals surface area contributed by atoms with Gasteiger partial charge in [-0.3, -0.25) is 4.98 Å². The molecule has 1 heterocycles. The van der Waals surface area contributed by atoms with Crippen LogP contribution in [-0.4, -0.2) is 17.2 Å². The molecule has 0 spiro atoms. The summed E-state index contributed by atoms with van der Waals surface area (Å²) in [6.07, 6.45) is 4.84. The highest BCUT2D eigenvalue weighted by Crippen LogP contribution is 2.31. The number of halogens is 1. The van der Waals surface area contributed by atoms with Crippen molar-refractivity contribution in [3.8, 4) is 11.5 Å². The first kappa shape index (κ1) is 10.2. The van der Waals surface area contributed by atoms with Gasteiger partial charge in [-0.05, 0) is 26.7 Å². The van der Waals surface area contributed by atoms with E-state index in [0.29, 0.717) is 0 Å². The van der Waals surface area contributed by atoms with E-state index in [-0.39, 0.29) is 23.7 Å². The zero-order valence-electron chi connectivity index (χ0n) is 8.87. The molecule has 4 heteroatoms. The average Bonchev–Trinajstić information content (AvgIpc) is 2.95. The molecule has 3 nitrogen and oxygen atoms in total. The molecule has 0 aromatic carbocycles.